The molecule has 0 spiro atoms. The summed E-state index contributed by atoms with van der Waals surface area (Å²) in [4.78, 5) is 32.9. The number of nitrogen functional groups attached to an aromatic ring is 1. The molecule has 4 rings (SSSR count). The van der Waals surface area contributed by atoms with Gasteiger partial charge in [0, 0.05) is 6.07 Å². The van der Waals surface area contributed by atoms with Crippen LogP contribution >= 0.6 is 0 Å². The van der Waals surface area contributed by atoms with E-state index in [9.17, 15) is 14.7 Å². The van der Waals surface area contributed by atoms with E-state index < -0.39 is 11.8 Å². The van der Waals surface area contributed by atoms with Crippen LogP contribution < -0.4 is 17.2 Å². The summed E-state index contributed by atoms with van der Waals surface area (Å²) in [5, 5.41) is 9.91. The van der Waals surface area contributed by atoms with Gasteiger partial charge in [0.15, 0.2) is 5.65 Å². The number of hydrogen-bond acceptors (Lipinski definition) is 6. The predicted molar refractivity (Wildman–Crippen MR) is 104 cm³/mol. The molecule has 0 fully saturated rings. The first-order valence-corrected chi connectivity index (χ1v) is 8.30. The number of hydrogen-bond donors (Lipinski definition) is 4. The average Bonchev–Trinajstić information content (AvgIpc) is 2.92. The third kappa shape index (κ3) is 2.41. The van der Waals surface area contributed by atoms with E-state index >= 15 is 0 Å². The molecule has 0 bridgehead atoms. The third-order valence-corrected chi connectivity index (χ3v) is 4.57. The number of primary amides is 2. The number of phenols is 1. The Hall–Kier alpha value is -4.14. The fourth-order valence-electron chi connectivity index (χ4n) is 3.26. The molecule has 2 aromatic carbocycles. The van der Waals surface area contributed by atoms with Crippen LogP contribution in [0.15, 0.2) is 36.4 Å². The lowest BCUT2D eigenvalue weighted by Crippen LogP contribution is -2.14. The van der Waals surface area contributed by atoms with Crippen molar-refractivity contribution in [3.63, 3.8) is 0 Å². The van der Waals surface area contributed by atoms with Gasteiger partial charge in [-0.25, -0.2) is 9.97 Å². The van der Waals surface area contributed by atoms with Gasteiger partial charge < -0.3 is 22.3 Å². The Bertz CT molecular complexity index is 1310. The number of carbonyl (C=O) groups is 2. The van der Waals surface area contributed by atoms with Crippen molar-refractivity contribution in [2.24, 2.45) is 11.5 Å². The van der Waals surface area contributed by atoms with Crippen molar-refractivity contribution >= 4 is 39.8 Å². The lowest BCUT2D eigenvalue weighted by molar-refractivity contribution is 0.0994. The molecule has 0 saturated carbocycles. The van der Waals surface area contributed by atoms with Crippen LogP contribution in [0.3, 0.4) is 0 Å². The highest BCUT2D eigenvalue weighted by Gasteiger charge is 2.25. The molecular formula is C19H16N6O3. The van der Waals surface area contributed by atoms with E-state index in [1.165, 1.54) is 22.8 Å². The third-order valence-electron chi connectivity index (χ3n) is 4.57. The largest absolute Gasteiger partial charge is 0.508 e. The Labute approximate surface area is 158 Å². The van der Waals surface area contributed by atoms with Gasteiger partial charge in [-0.3, -0.25) is 14.2 Å². The quantitative estimate of drug-likeness (QED) is 0.422. The summed E-state index contributed by atoms with van der Waals surface area (Å²) >= 11 is 0. The first-order valence-electron chi connectivity index (χ1n) is 8.30. The minimum absolute atomic E-state index is 0.0206. The normalized spacial score (nSPS) is 11.2. The first-order chi connectivity index (χ1) is 13.3. The SMILES string of the molecule is Cc1ccc(O)cc1-n1c(N)c(C(N)=O)c2nc3c(C(N)=O)cccc3nc21. The summed E-state index contributed by atoms with van der Waals surface area (Å²) < 4.78 is 1.51. The Morgan fingerprint density at radius 2 is 1.79 bits per heavy atom. The van der Waals surface area contributed by atoms with Crippen molar-refractivity contribution in [2.45, 2.75) is 6.92 Å². The van der Waals surface area contributed by atoms with E-state index in [4.69, 9.17) is 17.2 Å². The number of amides is 2. The number of phenolic OH excluding ortho intramolecular Hbond substituents is 1. The Morgan fingerprint density at radius 1 is 1.04 bits per heavy atom. The molecule has 0 aliphatic rings. The van der Waals surface area contributed by atoms with Gasteiger partial charge in [-0.2, -0.15) is 0 Å². The number of anilines is 1. The van der Waals surface area contributed by atoms with Gasteiger partial charge in [0.25, 0.3) is 11.8 Å². The number of nitrogens with two attached hydrogens (primary N) is 3. The van der Waals surface area contributed by atoms with Crippen LogP contribution in [0.25, 0.3) is 27.9 Å². The summed E-state index contributed by atoms with van der Waals surface area (Å²) in [5.74, 6) is -1.40. The maximum atomic E-state index is 12.1. The predicted octanol–water partition coefficient (Wildman–Crippen LogP) is 1.37. The molecule has 4 aromatic rings. The van der Waals surface area contributed by atoms with E-state index in [1.807, 2.05) is 6.92 Å². The lowest BCUT2D eigenvalue weighted by atomic mass is 10.1. The number of fused-ring (bicyclic) bond motifs is 2. The smallest absolute Gasteiger partial charge is 0.254 e. The van der Waals surface area contributed by atoms with Crippen molar-refractivity contribution in [3.05, 3.63) is 53.1 Å². The van der Waals surface area contributed by atoms with Crippen molar-refractivity contribution in [3.8, 4) is 11.4 Å². The molecule has 2 aromatic heterocycles. The molecule has 2 heterocycles. The van der Waals surface area contributed by atoms with Crippen molar-refractivity contribution in [2.75, 3.05) is 5.73 Å². The van der Waals surface area contributed by atoms with Crippen molar-refractivity contribution in [1.82, 2.24) is 14.5 Å². The molecule has 0 aliphatic heterocycles. The Morgan fingerprint density at radius 3 is 2.46 bits per heavy atom. The number of aromatic hydroxyl groups is 1. The van der Waals surface area contributed by atoms with Gasteiger partial charge in [-0.05, 0) is 30.7 Å². The van der Waals surface area contributed by atoms with E-state index in [0.717, 1.165) is 5.56 Å². The molecule has 9 heteroatoms. The zero-order valence-corrected chi connectivity index (χ0v) is 14.8. The second-order valence-electron chi connectivity index (χ2n) is 6.36. The summed E-state index contributed by atoms with van der Waals surface area (Å²) in [6.07, 6.45) is 0. The minimum Gasteiger partial charge on any atom is -0.508 e. The van der Waals surface area contributed by atoms with E-state index in [1.54, 1.807) is 18.2 Å². The number of benzene rings is 2. The second kappa shape index (κ2) is 5.95. The fourth-order valence-corrected chi connectivity index (χ4v) is 3.26. The number of para-hydroxylation sites is 1. The maximum absolute atomic E-state index is 12.1. The fraction of sp³-hybridized carbons (Fsp3) is 0.0526. The van der Waals surface area contributed by atoms with Gasteiger partial charge in [-0.15, -0.1) is 0 Å². The number of aryl methyl sites for hydroxylation is 1. The Balaban J connectivity index is 2.21. The molecule has 7 N–H and O–H groups in total. The van der Waals surface area contributed by atoms with Crippen LogP contribution in [0.4, 0.5) is 5.82 Å². The molecule has 0 radical (unpaired) electrons. The van der Waals surface area contributed by atoms with Crippen LogP contribution in [0.1, 0.15) is 26.3 Å². The van der Waals surface area contributed by atoms with E-state index in [-0.39, 0.29) is 39.4 Å². The van der Waals surface area contributed by atoms with Crippen LogP contribution in [0.2, 0.25) is 0 Å². The van der Waals surface area contributed by atoms with Gasteiger partial charge >= 0.3 is 0 Å². The van der Waals surface area contributed by atoms with E-state index in [0.29, 0.717) is 11.2 Å². The topological polar surface area (TPSA) is 163 Å². The maximum Gasteiger partial charge on any atom is 0.254 e. The zero-order chi connectivity index (χ0) is 20.2. The highest BCUT2D eigenvalue weighted by atomic mass is 16.3. The van der Waals surface area contributed by atoms with Crippen LogP contribution in [0, 0.1) is 6.92 Å². The summed E-state index contributed by atoms with van der Waals surface area (Å²) in [6, 6.07) is 9.57. The number of aromatic nitrogens is 3. The van der Waals surface area contributed by atoms with Crippen LogP contribution in [0.5, 0.6) is 5.75 Å². The highest BCUT2D eigenvalue weighted by Crippen LogP contribution is 2.33. The average molecular weight is 376 g/mol. The van der Waals surface area contributed by atoms with Crippen LogP contribution in [-0.2, 0) is 0 Å². The molecule has 0 aliphatic carbocycles. The summed E-state index contributed by atoms with van der Waals surface area (Å²) in [7, 11) is 0. The standard InChI is InChI=1S/C19H16N6O3/c1-8-5-6-9(26)7-12(8)25-16(20)13(18(22)28)15-19(25)23-11-4-2-3-10(17(21)27)14(11)24-15/h2-7,26H,20H2,1H3,(H2,21,27)(H2,22,28). The summed E-state index contributed by atoms with van der Waals surface area (Å²) in [6.45, 7) is 1.82. The minimum atomic E-state index is -0.788. The van der Waals surface area contributed by atoms with Crippen LogP contribution in [-0.4, -0.2) is 31.5 Å². The van der Waals surface area contributed by atoms with E-state index in [2.05, 4.69) is 9.97 Å². The molecule has 9 nitrogen and oxygen atoms in total. The highest BCUT2D eigenvalue weighted by molar-refractivity contribution is 6.12. The molecule has 2 amide bonds. The van der Waals surface area contributed by atoms with Crippen molar-refractivity contribution in [1.29, 1.82) is 0 Å². The van der Waals surface area contributed by atoms with Crippen molar-refractivity contribution < 1.29 is 14.7 Å². The molecule has 0 saturated heterocycles. The summed E-state index contributed by atoms with van der Waals surface area (Å²) in [5.41, 5.74) is 19.7. The van der Waals surface area contributed by atoms with Gasteiger partial charge in [-0.1, -0.05) is 12.1 Å². The number of nitrogens with zero attached hydrogens (tertiary/aromatic N) is 3. The van der Waals surface area contributed by atoms with Gasteiger partial charge in [0.1, 0.15) is 28.2 Å². The zero-order valence-electron chi connectivity index (χ0n) is 14.8. The van der Waals surface area contributed by atoms with Gasteiger partial charge in [0.2, 0.25) is 0 Å². The monoisotopic (exact) mass is 376 g/mol. The molecule has 0 unspecified atom stereocenters. The number of rotatable bonds is 3. The second-order valence-corrected chi connectivity index (χ2v) is 6.36. The molecule has 140 valence electrons. The molecule has 28 heavy (non-hydrogen) atoms. The molecule has 0 atom stereocenters. The number of carbonyl (C=O) groups excluding carboxylic acids is 2. The Kier molecular flexibility index (Phi) is 3.67. The molecular weight excluding hydrogens is 360 g/mol. The lowest BCUT2D eigenvalue weighted by Gasteiger charge is -2.11. The first kappa shape index (κ1) is 17.3. The van der Waals surface area contributed by atoms with Gasteiger partial charge in [0.05, 0.1) is 16.8 Å².